The summed E-state index contributed by atoms with van der Waals surface area (Å²) in [5.74, 6) is -0.717. The molecule has 1 amide bonds. The Kier molecular flexibility index (Phi) is 2.47. The quantitative estimate of drug-likeness (QED) is 0.785. The van der Waals surface area contributed by atoms with Crippen molar-refractivity contribution in [2.45, 2.75) is 0 Å². The van der Waals surface area contributed by atoms with E-state index in [4.69, 9.17) is 20.6 Å². The van der Waals surface area contributed by atoms with Gasteiger partial charge >= 0.3 is 0 Å². The van der Waals surface area contributed by atoms with Gasteiger partial charge < -0.3 is 20.6 Å². The maximum atomic E-state index is 12.0. The highest BCUT2D eigenvalue weighted by Crippen LogP contribution is 2.21. The predicted molar refractivity (Wildman–Crippen MR) is 62.0 cm³/mol. The lowest BCUT2D eigenvalue weighted by atomic mass is 10.1. The SMILES string of the molecule is COc1ccc2oc(N)c(C(N)=O)c(=O)c2c1. The van der Waals surface area contributed by atoms with Gasteiger partial charge in [-0.1, -0.05) is 0 Å². The van der Waals surface area contributed by atoms with Crippen molar-refractivity contribution < 1.29 is 13.9 Å². The van der Waals surface area contributed by atoms with Gasteiger partial charge in [0.25, 0.3) is 5.91 Å². The van der Waals surface area contributed by atoms with Crippen molar-refractivity contribution in [3.63, 3.8) is 0 Å². The molecule has 17 heavy (non-hydrogen) atoms. The number of anilines is 1. The fourth-order valence-electron chi connectivity index (χ4n) is 1.55. The van der Waals surface area contributed by atoms with E-state index in [1.807, 2.05) is 0 Å². The third-order valence-electron chi connectivity index (χ3n) is 2.37. The molecule has 1 heterocycles. The van der Waals surface area contributed by atoms with Crippen LogP contribution in [0.4, 0.5) is 5.88 Å². The summed E-state index contributed by atoms with van der Waals surface area (Å²) in [6, 6.07) is 4.62. The number of ether oxygens (including phenoxy) is 1. The van der Waals surface area contributed by atoms with Gasteiger partial charge in [0.15, 0.2) is 0 Å². The minimum absolute atomic E-state index is 0.201. The van der Waals surface area contributed by atoms with Crippen LogP contribution in [0.15, 0.2) is 27.4 Å². The van der Waals surface area contributed by atoms with E-state index in [1.165, 1.54) is 19.2 Å². The van der Waals surface area contributed by atoms with Gasteiger partial charge in [0.1, 0.15) is 16.9 Å². The zero-order valence-electron chi connectivity index (χ0n) is 9.02. The number of nitrogen functional groups attached to an aromatic ring is 1. The first kappa shape index (κ1) is 11.0. The molecule has 0 fully saturated rings. The van der Waals surface area contributed by atoms with E-state index < -0.39 is 11.3 Å². The number of benzene rings is 1. The van der Waals surface area contributed by atoms with E-state index in [9.17, 15) is 9.59 Å². The molecule has 1 aromatic carbocycles. The number of hydrogen-bond donors (Lipinski definition) is 2. The van der Waals surface area contributed by atoms with E-state index >= 15 is 0 Å². The predicted octanol–water partition coefficient (Wildman–Crippen LogP) is 0.483. The van der Waals surface area contributed by atoms with Gasteiger partial charge in [-0.2, -0.15) is 0 Å². The Morgan fingerprint density at radius 3 is 2.71 bits per heavy atom. The van der Waals surface area contributed by atoms with Crippen molar-refractivity contribution in [3.8, 4) is 5.75 Å². The summed E-state index contributed by atoms with van der Waals surface area (Å²) >= 11 is 0. The van der Waals surface area contributed by atoms with Crippen LogP contribution in [0.2, 0.25) is 0 Å². The molecule has 0 saturated carbocycles. The van der Waals surface area contributed by atoms with Gasteiger partial charge in [-0.25, -0.2) is 0 Å². The molecule has 0 spiro atoms. The van der Waals surface area contributed by atoms with Gasteiger partial charge in [0.2, 0.25) is 11.3 Å². The summed E-state index contributed by atoms with van der Waals surface area (Å²) in [7, 11) is 1.47. The summed E-state index contributed by atoms with van der Waals surface area (Å²) in [5, 5.41) is 0.201. The molecule has 88 valence electrons. The van der Waals surface area contributed by atoms with E-state index in [1.54, 1.807) is 6.07 Å². The number of rotatable bonds is 2. The molecule has 0 bridgehead atoms. The normalized spacial score (nSPS) is 10.4. The monoisotopic (exact) mass is 234 g/mol. The van der Waals surface area contributed by atoms with Crippen molar-refractivity contribution in [2.24, 2.45) is 5.73 Å². The number of amides is 1. The van der Waals surface area contributed by atoms with Crippen molar-refractivity contribution in [1.29, 1.82) is 0 Å². The molecular formula is C11H10N2O4. The molecule has 0 atom stereocenters. The molecule has 6 nitrogen and oxygen atoms in total. The highest BCUT2D eigenvalue weighted by Gasteiger charge is 2.17. The van der Waals surface area contributed by atoms with Gasteiger partial charge in [0.05, 0.1) is 12.5 Å². The second-order valence-corrected chi connectivity index (χ2v) is 3.40. The van der Waals surface area contributed by atoms with Crippen LogP contribution in [-0.4, -0.2) is 13.0 Å². The number of nitrogens with two attached hydrogens (primary N) is 2. The number of primary amides is 1. The highest BCUT2D eigenvalue weighted by atomic mass is 16.5. The van der Waals surface area contributed by atoms with E-state index in [2.05, 4.69) is 0 Å². The van der Waals surface area contributed by atoms with Crippen LogP contribution in [-0.2, 0) is 0 Å². The Labute approximate surface area is 95.8 Å². The number of carbonyl (C=O) groups is 1. The minimum atomic E-state index is -0.916. The number of fused-ring (bicyclic) bond motifs is 1. The molecule has 0 aliphatic rings. The van der Waals surface area contributed by atoms with Gasteiger partial charge in [-0.05, 0) is 18.2 Å². The first-order valence-corrected chi connectivity index (χ1v) is 4.74. The zero-order valence-corrected chi connectivity index (χ0v) is 9.02. The molecule has 0 saturated heterocycles. The largest absolute Gasteiger partial charge is 0.497 e. The third kappa shape index (κ3) is 1.69. The summed E-state index contributed by atoms with van der Waals surface area (Å²) in [6.07, 6.45) is 0. The Morgan fingerprint density at radius 2 is 2.12 bits per heavy atom. The Bertz CT molecular complexity index is 660. The summed E-state index contributed by atoms with van der Waals surface area (Å²) in [4.78, 5) is 23.1. The molecule has 6 heteroatoms. The van der Waals surface area contributed by atoms with E-state index in [0.717, 1.165) is 0 Å². The topological polar surface area (TPSA) is 109 Å². The zero-order chi connectivity index (χ0) is 12.6. The second kappa shape index (κ2) is 3.82. The van der Waals surface area contributed by atoms with Crippen LogP contribution >= 0.6 is 0 Å². The summed E-state index contributed by atoms with van der Waals surface area (Å²) in [5.41, 5.74) is 9.90. The average molecular weight is 234 g/mol. The van der Waals surface area contributed by atoms with Crippen molar-refractivity contribution >= 4 is 22.8 Å². The Balaban J connectivity index is 2.89. The molecule has 0 aliphatic heterocycles. The van der Waals surface area contributed by atoms with Crippen LogP contribution < -0.4 is 21.6 Å². The number of methoxy groups -OCH3 is 1. The first-order chi connectivity index (χ1) is 8.04. The smallest absolute Gasteiger partial charge is 0.258 e. The van der Waals surface area contributed by atoms with Crippen LogP contribution in [0.5, 0.6) is 5.75 Å². The first-order valence-electron chi connectivity index (χ1n) is 4.74. The average Bonchev–Trinajstić information content (AvgIpc) is 2.28. The van der Waals surface area contributed by atoms with Gasteiger partial charge in [-0.15, -0.1) is 0 Å². The lowest BCUT2D eigenvalue weighted by Gasteiger charge is -2.04. The highest BCUT2D eigenvalue weighted by molar-refractivity contribution is 5.99. The molecule has 4 N–H and O–H groups in total. The van der Waals surface area contributed by atoms with Gasteiger partial charge in [0, 0.05) is 0 Å². The van der Waals surface area contributed by atoms with Crippen molar-refractivity contribution in [2.75, 3.05) is 12.8 Å². The maximum Gasteiger partial charge on any atom is 0.258 e. The maximum absolute atomic E-state index is 12.0. The van der Waals surface area contributed by atoms with Crippen LogP contribution in [0.25, 0.3) is 11.0 Å². The molecule has 2 aromatic rings. The van der Waals surface area contributed by atoms with Crippen molar-refractivity contribution in [3.05, 3.63) is 34.0 Å². The third-order valence-corrected chi connectivity index (χ3v) is 2.37. The molecular weight excluding hydrogens is 224 g/mol. The van der Waals surface area contributed by atoms with Crippen LogP contribution in [0.3, 0.4) is 0 Å². The Morgan fingerprint density at radius 1 is 1.41 bits per heavy atom. The van der Waals surface area contributed by atoms with Crippen LogP contribution in [0, 0.1) is 0 Å². The lowest BCUT2D eigenvalue weighted by Crippen LogP contribution is -2.23. The summed E-state index contributed by atoms with van der Waals surface area (Å²) in [6.45, 7) is 0. The fraction of sp³-hybridized carbons (Fsp3) is 0.0909. The Hall–Kier alpha value is -2.50. The molecule has 2 rings (SSSR count). The lowest BCUT2D eigenvalue weighted by molar-refractivity contribution is 0.0999. The van der Waals surface area contributed by atoms with E-state index in [0.29, 0.717) is 5.75 Å². The van der Waals surface area contributed by atoms with Gasteiger partial charge in [-0.3, -0.25) is 9.59 Å². The second-order valence-electron chi connectivity index (χ2n) is 3.40. The standard InChI is InChI=1S/C11H10N2O4/c1-16-5-2-3-7-6(4-5)9(14)8(10(12)15)11(13)17-7/h2-4H,13H2,1H3,(H2,12,15). The molecule has 0 radical (unpaired) electrons. The molecule has 0 aliphatic carbocycles. The summed E-state index contributed by atoms with van der Waals surface area (Å²) < 4.78 is 10.1. The van der Waals surface area contributed by atoms with Crippen LogP contribution in [0.1, 0.15) is 10.4 Å². The van der Waals surface area contributed by atoms with Crippen molar-refractivity contribution in [1.82, 2.24) is 0 Å². The number of hydrogen-bond acceptors (Lipinski definition) is 5. The molecule has 1 aromatic heterocycles. The number of carbonyl (C=O) groups excluding carboxylic acids is 1. The molecule has 0 unspecified atom stereocenters. The van der Waals surface area contributed by atoms with E-state index in [-0.39, 0.29) is 22.4 Å². The fourth-order valence-corrected chi connectivity index (χ4v) is 1.55. The minimum Gasteiger partial charge on any atom is -0.497 e.